The van der Waals surface area contributed by atoms with Crippen molar-refractivity contribution in [2.45, 2.75) is 25.9 Å². The maximum atomic E-state index is 9.79. The second-order valence-electron chi connectivity index (χ2n) is 4.74. The molecule has 2 atom stereocenters. The number of nitrogens with zero attached hydrogens (tertiary/aromatic N) is 2. The number of pyridine rings is 1. The quantitative estimate of drug-likeness (QED) is 0.835. The van der Waals surface area contributed by atoms with Gasteiger partial charge in [0.05, 0.1) is 6.10 Å². The summed E-state index contributed by atoms with van der Waals surface area (Å²) in [5, 5.41) is 9.79. The molecule has 0 aliphatic carbocycles. The Morgan fingerprint density at radius 2 is 2.19 bits per heavy atom. The van der Waals surface area contributed by atoms with Gasteiger partial charge >= 0.3 is 0 Å². The van der Waals surface area contributed by atoms with E-state index in [9.17, 15) is 5.11 Å². The topological polar surface area (TPSA) is 36.4 Å². The fraction of sp³-hybridized carbons (Fsp3) is 0.615. The highest BCUT2D eigenvalue weighted by Crippen LogP contribution is 2.17. The molecule has 3 nitrogen and oxygen atoms in total. The van der Waals surface area contributed by atoms with Crippen LogP contribution in [0.3, 0.4) is 0 Å². The van der Waals surface area contributed by atoms with Crippen LogP contribution in [0.5, 0.6) is 0 Å². The van der Waals surface area contributed by atoms with E-state index < -0.39 is 0 Å². The van der Waals surface area contributed by atoms with Gasteiger partial charge in [0.15, 0.2) is 0 Å². The molecule has 0 saturated carbocycles. The lowest BCUT2D eigenvalue weighted by Gasteiger charge is -2.34. The van der Waals surface area contributed by atoms with Gasteiger partial charge in [-0.25, -0.2) is 0 Å². The van der Waals surface area contributed by atoms with E-state index in [0.717, 1.165) is 32.5 Å². The molecule has 1 aliphatic rings. The largest absolute Gasteiger partial charge is 0.392 e. The summed E-state index contributed by atoms with van der Waals surface area (Å²) in [7, 11) is 0. The molecule has 1 aliphatic heterocycles. The summed E-state index contributed by atoms with van der Waals surface area (Å²) in [4.78, 5) is 6.36. The Balaban J connectivity index is 1.79. The molecular formula is C13H20N2O. The van der Waals surface area contributed by atoms with E-state index >= 15 is 0 Å². The molecule has 0 amide bonds. The monoisotopic (exact) mass is 220 g/mol. The number of hydrogen-bond acceptors (Lipinski definition) is 3. The van der Waals surface area contributed by atoms with Crippen molar-refractivity contribution in [2.75, 3.05) is 19.6 Å². The molecular weight excluding hydrogens is 200 g/mol. The number of aliphatic hydroxyl groups excluding tert-OH is 1. The van der Waals surface area contributed by atoms with Gasteiger partial charge in [0, 0.05) is 25.5 Å². The van der Waals surface area contributed by atoms with Crippen molar-refractivity contribution in [3.8, 4) is 0 Å². The number of hydrogen-bond donors (Lipinski definition) is 1. The lowest BCUT2D eigenvalue weighted by atomic mass is 9.96. The first-order valence-electron chi connectivity index (χ1n) is 6.05. The van der Waals surface area contributed by atoms with Gasteiger partial charge in [0.25, 0.3) is 0 Å². The van der Waals surface area contributed by atoms with Crippen LogP contribution in [0.25, 0.3) is 0 Å². The minimum atomic E-state index is -0.147. The number of piperidine rings is 1. The fourth-order valence-electron chi connectivity index (χ4n) is 2.15. The second-order valence-corrected chi connectivity index (χ2v) is 4.74. The molecule has 3 heteroatoms. The van der Waals surface area contributed by atoms with Crippen LogP contribution < -0.4 is 0 Å². The van der Waals surface area contributed by atoms with Crippen molar-refractivity contribution in [3.63, 3.8) is 0 Å². The summed E-state index contributed by atoms with van der Waals surface area (Å²) in [6.07, 6.45) is 5.68. The van der Waals surface area contributed by atoms with Crippen molar-refractivity contribution in [2.24, 2.45) is 5.92 Å². The Morgan fingerprint density at radius 1 is 1.44 bits per heavy atom. The molecule has 1 saturated heterocycles. The molecule has 16 heavy (non-hydrogen) atoms. The smallest absolute Gasteiger partial charge is 0.0693 e. The molecule has 1 fully saturated rings. The van der Waals surface area contributed by atoms with Gasteiger partial charge in [-0.3, -0.25) is 4.98 Å². The van der Waals surface area contributed by atoms with Crippen molar-refractivity contribution in [1.82, 2.24) is 9.88 Å². The zero-order chi connectivity index (χ0) is 11.4. The summed E-state index contributed by atoms with van der Waals surface area (Å²) in [5.74, 6) is 0.456. The first kappa shape index (κ1) is 11.6. The minimum Gasteiger partial charge on any atom is -0.392 e. The number of aliphatic hydroxyl groups is 1. The predicted octanol–water partition coefficient (Wildman–Crippen LogP) is 1.33. The van der Waals surface area contributed by atoms with E-state index in [2.05, 4.69) is 28.9 Å². The molecule has 2 heterocycles. The average Bonchev–Trinajstić information content (AvgIpc) is 2.32. The molecule has 0 aromatic carbocycles. The third-order valence-electron chi connectivity index (χ3n) is 3.47. The number of aromatic nitrogens is 1. The molecule has 0 radical (unpaired) electrons. The summed E-state index contributed by atoms with van der Waals surface area (Å²) in [6.45, 7) is 5.11. The van der Waals surface area contributed by atoms with E-state index in [4.69, 9.17) is 0 Å². The van der Waals surface area contributed by atoms with Crippen LogP contribution in [0, 0.1) is 5.92 Å². The average molecular weight is 220 g/mol. The fourth-order valence-corrected chi connectivity index (χ4v) is 2.15. The predicted molar refractivity (Wildman–Crippen MR) is 64.2 cm³/mol. The van der Waals surface area contributed by atoms with Gasteiger partial charge in [0.1, 0.15) is 0 Å². The molecule has 1 aromatic heterocycles. The lowest BCUT2D eigenvalue weighted by molar-refractivity contribution is 0.0298. The van der Waals surface area contributed by atoms with Crippen molar-refractivity contribution >= 4 is 0 Å². The normalized spacial score (nSPS) is 26.9. The molecule has 0 bridgehead atoms. The van der Waals surface area contributed by atoms with Crippen molar-refractivity contribution in [3.05, 3.63) is 30.1 Å². The van der Waals surface area contributed by atoms with Gasteiger partial charge in [-0.1, -0.05) is 6.92 Å². The molecule has 2 unspecified atom stereocenters. The van der Waals surface area contributed by atoms with Crippen LogP contribution in [-0.4, -0.2) is 40.7 Å². The number of β-amino-alcohol motifs (C(OH)–C–C–N with tert-alkyl or cyclic N) is 1. The number of likely N-dealkylation sites (tertiary alicyclic amines) is 1. The Hall–Kier alpha value is -0.930. The van der Waals surface area contributed by atoms with Crippen LogP contribution in [0.4, 0.5) is 0 Å². The SMILES string of the molecule is CC1CCN(CCc2ccncc2)CC1O. The van der Waals surface area contributed by atoms with Gasteiger partial charge < -0.3 is 10.0 Å². The first-order valence-corrected chi connectivity index (χ1v) is 6.05. The van der Waals surface area contributed by atoms with E-state index in [1.165, 1.54) is 5.56 Å². The van der Waals surface area contributed by atoms with E-state index in [1.807, 2.05) is 12.4 Å². The Bertz CT molecular complexity index is 315. The van der Waals surface area contributed by atoms with E-state index in [1.54, 1.807) is 0 Å². The second kappa shape index (κ2) is 5.41. The van der Waals surface area contributed by atoms with Crippen LogP contribution in [-0.2, 0) is 6.42 Å². The van der Waals surface area contributed by atoms with Gasteiger partial charge in [-0.15, -0.1) is 0 Å². The molecule has 88 valence electrons. The van der Waals surface area contributed by atoms with Crippen LogP contribution in [0.15, 0.2) is 24.5 Å². The van der Waals surface area contributed by atoms with Gasteiger partial charge in [-0.05, 0) is 43.0 Å². The first-order chi connectivity index (χ1) is 7.75. The summed E-state index contributed by atoms with van der Waals surface area (Å²) in [5.41, 5.74) is 1.32. The van der Waals surface area contributed by atoms with Gasteiger partial charge in [-0.2, -0.15) is 0 Å². The lowest BCUT2D eigenvalue weighted by Crippen LogP contribution is -2.43. The minimum absolute atomic E-state index is 0.147. The number of rotatable bonds is 3. The zero-order valence-electron chi connectivity index (χ0n) is 9.84. The third-order valence-corrected chi connectivity index (χ3v) is 3.47. The summed E-state index contributed by atoms with van der Waals surface area (Å²) in [6, 6.07) is 4.12. The van der Waals surface area contributed by atoms with Crippen LogP contribution in [0.1, 0.15) is 18.9 Å². The highest BCUT2D eigenvalue weighted by molar-refractivity contribution is 5.09. The molecule has 1 N–H and O–H groups in total. The molecule has 0 spiro atoms. The highest BCUT2D eigenvalue weighted by Gasteiger charge is 2.23. The maximum absolute atomic E-state index is 9.79. The van der Waals surface area contributed by atoms with Crippen LogP contribution in [0.2, 0.25) is 0 Å². The summed E-state index contributed by atoms with van der Waals surface area (Å²) >= 11 is 0. The maximum Gasteiger partial charge on any atom is 0.0693 e. The summed E-state index contributed by atoms with van der Waals surface area (Å²) < 4.78 is 0. The Morgan fingerprint density at radius 3 is 2.88 bits per heavy atom. The Kier molecular flexibility index (Phi) is 3.91. The van der Waals surface area contributed by atoms with Crippen molar-refractivity contribution in [1.29, 1.82) is 0 Å². The standard InChI is InChI=1S/C13H20N2O/c1-11-4-8-15(10-13(11)16)9-5-12-2-6-14-7-3-12/h2-3,6-7,11,13,16H,4-5,8-10H2,1H3. The van der Waals surface area contributed by atoms with Crippen LogP contribution >= 0.6 is 0 Å². The van der Waals surface area contributed by atoms with Gasteiger partial charge in [0.2, 0.25) is 0 Å². The highest BCUT2D eigenvalue weighted by atomic mass is 16.3. The Labute approximate surface area is 97.1 Å². The molecule has 2 rings (SSSR count). The molecule has 1 aromatic rings. The van der Waals surface area contributed by atoms with E-state index in [0.29, 0.717) is 5.92 Å². The van der Waals surface area contributed by atoms with Crippen molar-refractivity contribution < 1.29 is 5.11 Å². The van der Waals surface area contributed by atoms with E-state index in [-0.39, 0.29) is 6.10 Å². The zero-order valence-corrected chi connectivity index (χ0v) is 9.84. The third kappa shape index (κ3) is 3.03.